The number of hydrogen-bond donors (Lipinski definition) is 1. The van der Waals surface area contributed by atoms with Gasteiger partial charge >= 0.3 is 0 Å². The normalized spacial score (nSPS) is 10.4. The molecule has 0 saturated heterocycles. The largest absolute Gasteiger partial charge is 0.324 e. The molecule has 2 nitrogen and oxygen atoms in total. The van der Waals surface area contributed by atoms with E-state index in [0.717, 1.165) is 30.2 Å². The number of carbonyl (C=O) groups is 1. The highest BCUT2D eigenvalue weighted by atomic mass is 19.1. The van der Waals surface area contributed by atoms with Gasteiger partial charge in [-0.15, -0.1) is 0 Å². The Hall–Kier alpha value is -2.23. The summed E-state index contributed by atoms with van der Waals surface area (Å²) in [5.41, 5.74) is 2.16. The minimum atomic E-state index is -0.642. The Morgan fingerprint density at radius 2 is 1.71 bits per heavy atom. The van der Waals surface area contributed by atoms with Crippen LogP contribution in [0.4, 0.5) is 14.5 Å². The molecule has 0 bridgehead atoms. The van der Waals surface area contributed by atoms with Gasteiger partial charge in [-0.1, -0.05) is 31.2 Å². The Labute approximate surface area is 122 Å². The Kier molecular flexibility index (Phi) is 5.04. The van der Waals surface area contributed by atoms with E-state index >= 15 is 0 Å². The summed E-state index contributed by atoms with van der Waals surface area (Å²) in [7, 11) is 0. The first-order chi connectivity index (χ1) is 10.1. The van der Waals surface area contributed by atoms with Crippen LogP contribution in [0.25, 0.3) is 0 Å². The van der Waals surface area contributed by atoms with Crippen LogP contribution in [0.3, 0.4) is 0 Å². The number of aryl methyl sites for hydroxylation is 2. The van der Waals surface area contributed by atoms with Crippen molar-refractivity contribution in [3.63, 3.8) is 0 Å². The lowest BCUT2D eigenvalue weighted by molar-refractivity contribution is -0.116. The average Bonchev–Trinajstić information content (AvgIpc) is 2.49. The average molecular weight is 289 g/mol. The third-order valence-electron chi connectivity index (χ3n) is 3.27. The van der Waals surface area contributed by atoms with Gasteiger partial charge in [0.15, 0.2) is 0 Å². The minimum absolute atomic E-state index is 0.124. The third kappa shape index (κ3) is 4.38. The second-order valence-electron chi connectivity index (χ2n) is 4.84. The lowest BCUT2D eigenvalue weighted by atomic mass is 10.1. The molecule has 0 heterocycles. The number of halogens is 2. The molecule has 1 N–H and O–H groups in total. The zero-order chi connectivity index (χ0) is 15.2. The van der Waals surface area contributed by atoms with Crippen molar-refractivity contribution in [1.29, 1.82) is 0 Å². The highest BCUT2D eigenvalue weighted by Crippen LogP contribution is 2.16. The molecule has 21 heavy (non-hydrogen) atoms. The summed E-state index contributed by atoms with van der Waals surface area (Å²) < 4.78 is 26.4. The van der Waals surface area contributed by atoms with Gasteiger partial charge in [0.25, 0.3) is 0 Å². The standard InChI is InChI=1S/C17H17F2NO/c1-2-12-3-5-13(6-4-12)7-10-17(21)20-16-11-14(18)8-9-15(16)19/h3-6,8-9,11H,2,7,10H2,1H3,(H,20,21). The first-order valence-corrected chi connectivity index (χ1v) is 6.91. The van der Waals surface area contributed by atoms with Gasteiger partial charge in [0.2, 0.25) is 5.91 Å². The van der Waals surface area contributed by atoms with Crippen LogP contribution >= 0.6 is 0 Å². The van der Waals surface area contributed by atoms with Crippen LogP contribution in [0.1, 0.15) is 24.5 Å². The fourth-order valence-corrected chi connectivity index (χ4v) is 2.01. The van der Waals surface area contributed by atoms with Crippen LogP contribution < -0.4 is 5.32 Å². The predicted octanol–water partition coefficient (Wildman–Crippen LogP) is 4.10. The fourth-order valence-electron chi connectivity index (χ4n) is 2.01. The molecule has 0 atom stereocenters. The first-order valence-electron chi connectivity index (χ1n) is 6.91. The van der Waals surface area contributed by atoms with Crippen molar-refractivity contribution in [2.45, 2.75) is 26.2 Å². The molecule has 0 aliphatic rings. The van der Waals surface area contributed by atoms with Crippen molar-refractivity contribution in [2.24, 2.45) is 0 Å². The van der Waals surface area contributed by atoms with Gasteiger partial charge in [0.05, 0.1) is 5.69 Å². The smallest absolute Gasteiger partial charge is 0.224 e. The van der Waals surface area contributed by atoms with Crippen molar-refractivity contribution in [3.8, 4) is 0 Å². The van der Waals surface area contributed by atoms with Crippen molar-refractivity contribution >= 4 is 11.6 Å². The molecule has 0 aliphatic carbocycles. The number of benzene rings is 2. The molecule has 0 saturated carbocycles. The van der Waals surface area contributed by atoms with E-state index in [9.17, 15) is 13.6 Å². The monoisotopic (exact) mass is 289 g/mol. The molecule has 2 aromatic rings. The number of amides is 1. The van der Waals surface area contributed by atoms with E-state index < -0.39 is 11.6 Å². The van der Waals surface area contributed by atoms with E-state index in [1.165, 1.54) is 5.56 Å². The maximum Gasteiger partial charge on any atom is 0.224 e. The second-order valence-corrected chi connectivity index (χ2v) is 4.84. The maximum atomic E-state index is 13.4. The van der Waals surface area contributed by atoms with Crippen LogP contribution in [0.15, 0.2) is 42.5 Å². The van der Waals surface area contributed by atoms with E-state index in [1.807, 2.05) is 24.3 Å². The summed E-state index contributed by atoms with van der Waals surface area (Å²) in [6.45, 7) is 2.08. The predicted molar refractivity (Wildman–Crippen MR) is 79.1 cm³/mol. The Morgan fingerprint density at radius 3 is 2.38 bits per heavy atom. The second kappa shape index (κ2) is 6.97. The molecule has 0 aliphatic heterocycles. The number of nitrogens with one attached hydrogen (secondary N) is 1. The Bertz CT molecular complexity index is 623. The minimum Gasteiger partial charge on any atom is -0.324 e. The van der Waals surface area contributed by atoms with Gasteiger partial charge in [0.1, 0.15) is 11.6 Å². The number of anilines is 1. The van der Waals surface area contributed by atoms with Gasteiger partial charge in [-0.25, -0.2) is 8.78 Å². The summed E-state index contributed by atoms with van der Waals surface area (Å²) in [6.07, 6.45) is 1.76. The molecular weight excluding hydrogens is 272 g/mol. The van der Waals surface area contributed by atoms with E-state index in [4.69, 9.17) is 0 Å². The summed E-state index contributed by atoms with van der Waals surface area (Å²) in [4.78, 5) is 11.8. The summed E-state index contributed by atoms with van der Waals surface area (Å²) in [5.74, 6) is -1.56. The summed E-state index contributed by atoms with van der Waals surface area (Å²) in [6, 6.07) is 11.0. The number of hydrogen-bond acceptors (Lipinski definition) is 1. The van der Waals surface area contributed by atoms with Crippen LogP contribution in [-0.2, 0) is 17.6 Å². The molecule has 0 aromatic heterocycles. The zero-order valence-corrected chi connectivity index (χ0v) is 11.8. The van der Waals surface area contributed by atoms with Crippen molar-refractivity contribution < 1.29 is 13.6 Å². The maximum absolute atomic E-state index is 13.4. The van der Waals surface area contributed by atoms with Gasteiger partial charge in [-0.3, -0.25) is 4.79 Å². The molecule has 0 fully saturated rings. The van der Waals surface area contributed by atoms with Crippen LogP contribution in [-0.4, -0.2) is 5.91 Å². The zero-order valence-electron chi connectivity index (χ0n) is 11.8. The van der Waals surface area contributed by atoms with Gasteiger partial charge in [0, 0.05) is 12.5 Å². The SMILES string of the molecule is CCc1ccc(CCC(=O)Nc2cc(F)ccc2F)cc1. The van der Waals surface area contributed by atoms with Gasteiger partial charge in [-0.2, -0.15) is 0 Å². The van der Waals surface area contributed by atoms with E-state index in [1.54, 1.807) is 0 Å². The lowest BCUT2D eigenvalue weighted by Gasteiger charge is -2.07. The van der Waals surface area contributed by atoms with E-state index in [0.29, 0.717) is 6.42 Å². The fraction of sp³-hybridized carbons (Fsp3) is 0.235. The van der Waals surface area contributed by atoms with E-state index in [-0.39, 0.29) is 18.0 Å². The Morgan fingerprint density at radius 1 is 1.05 bits per heavy atom. The van der Waals surface area contributed by atoms with Crippen molar-refractivity contribution in [3.05, 3.63) is 65.2 Å². The van der Waals surface area contributed by atoms with Crippen LogP contribution in [0, 0.1) is 11.6 Å². The molecule has 2 rings (SSSR count). The van der Waals surface area contributed by atoms with Crippen molar-refractivity contribution in [1.82, 2.24) is 0 Å². The molecule has 1 amide bonds. The Balaban J connectivity index is 1.91. The molecular formula is C17H17F2NO. The molecule has 4 heteroatoms. The highest BCUT2D eigenvalue weighted by Gasteiger charge is 2.08. The lowest BCUT2D eigenvalue weighted by Crippen LogP contribution is -2.13. The molecule has 0 radical (unpaired) electrons. The topological polar surface area (TPSA) is 29.1 Å². The number of carbonyl (C=O) groups excluding carboxylic acids is 1. The molecule has 2 aromatic carbocycles. The highest BCUT2D eigenvalue weighted by molar-refractivity contribution is 5.90. The molecule has 0 spiro atoms. The molecule has 110 valence electrons. The van der Waals surface area contributed by atoms with Crippen LogP contribution in [0.2, 0.25) is 0 Å². The van der Waals surface area contributed by atoms with Gasteiger partial charge < -0.3 is 5.32 Å². The summed E-state index contributed by atoms with van der Waals surface area (Å²) >= 11 is 0. The number of rotatable bonds is 5. The van der Waals surface area contributed by atoms with Crippen LogP contribution in [0.5, 0.6) is 0 Å². The summed E-state index contributed by atoms with van der Waals surface area (Å²) in [5, 5.41) is 2.39. The van der Waals surface area contributed by atoms with Gasteiger partial charge in [-0.05, 0) is 36.1 Å². The van der Waals surface area contributed by atoms with Crippen molar-refractivity contribution in [2.75, 3.05) is 5.32 Å². The van der Waals surface area contributed by atoms with E-state index in [2.05, 4.69) is 12.2 Å². The third-order valence-corrected chi connectivity index (χ3v) is 3.27. The molecule has 0 unspecified atom stereocenters. The first kappa shape index (κ1) is 15.2. The quantitative estimate of drug-likeness (QED) is 0.882.